The number of fused-ring (bicyclic) bond motifs is 1. The molecule has 0 unspecified atom stereocenters. The van der Waals surface area contributed by atoms with Gasteiger partial charge in [0.15, 0.2) is 6.10 Å². The van der Waals surface area contributed by atoms with Gasteiger partial charge < -0.3 is 19.7 Å². The van der Waals surface area contributed by atoms with Gasteiger partial charge >= 0.3 is 0 Å². The second-order valence-corrected chi connectivity index (χ2v) is 12.1. The lowest BCUT2D eigenvalue weighted by atomic mass is 9.97. The Morgan fingerprint density at radius 1 is 1.05 bits per heavy atom. The molecule has 2 heterocycles. The fraction of sp³-hybridized carbons (Fsp3) is 0.310. The average Bonchev–Trinajstić information content (AvgIpc) is 2.99. The number of anilines is 1. The van der Waals surface area contributed by atoms with E-state index < -0.39 is 22.0 Å². The first-order chi connectivity index (χ1) is 19.3. The first-order valence-corrected chi connectivity index (χ1v) is 14.8. The Morgan fingerprint density at radius 2 is 1.80 bits per heavy atom. The summed E-state index contributed by atoms with van der Waals surface area (Å²) in [6.07, 6.45) is 0.137. The van der Waals surface area contributed by atoms with E-state index in [0.29, 0.717) is 43.1 Å². The first kappa shape index (κ1) is 27.9. The van der Waals surface area contributed by atoms with Gasteiger partial charge in [0, 0.05) is 19.6 Å². The van der Waals surface area contributed by atoms with Crippen LogP contribution in [0.2, 0.25) is 5.02 Å². The van der Waals surface area contributed by atoms with Gasteiger partial charge in [-0.25, -0.2) is 8.42 Å². The average molecular weight is 584 g/mol. The molecule has 3 aromatic carbocycles. The molecular weight excluding hydrogens is 554 g/mol. The van der Waals surface area contributed by atoms with E-state index in [1.54, 1.807) is 29.2 Å². The number of amides is 2. The normalized spacial score (nSPS) is 19.3. The van der Waals surface area contributed by atoms with Gasteiger partial charge in [0.1, 0.15) is 11.5 Å². The van der Waals surface area contributed by atoms with E-state index in [1.807, 2.05) is 30.3 Å². The van der Waals surface area contributed by atoms with Crippen molar-refractivity contribution in [1.29, 1.82) is 0 Å². The SMILES string of the molecule is COc1ccc(S(=O)(=O)N2CCC[C@@H](C(=O)N3C[C@H](C(=O)NCc4ccccc4)Oc4ccccc43)C2)cc1Cl. The number of benzene rings is 3. The van der Waals surface area contributed by atoms with E-state index in [2.05, 4.69) is 5.32 Å². The Morgan fingerprint density at radius 3 is 2.55 bits per heavy atom. The van der Waals surface area contributed by atoms with E-state index in [9.17, 15) is 18.0 Å². The molecule has 2 aliphatic rings. The van der Waals surface area contributed by atoms with Crippen molar-refractivity contribution in [1.82, 2.24) is 9.62 Å². The van der Waals surface area contributed by atoms with Crippen LogP contribution >= 0.6 is 11.6 Å². The molecule has 2 amide bonds. The first-order valence-electron chi connectivity index (χ1n) is 13.0. The number of ether oxygens (including phenoxy) is 2. The van der Waals surface area contributed by atoms with Crippen molar-refractivity contribution in [2.75, 3.05) is 31.6 Å². The summed E-state index contributed by atoms with van der Waals surface area (Å²) >= 11 is 6.19. The standard InChI is InChI=1S/C29H30ClN3O6S/c1-38-25-14-13-22(16-23(25)30)40(36,37)32-15-7-10-21(18-32)29(35)33-19-27(39-26-12-6-5-11-24(26)33)28(34)31-17-20-8-3-2-4-9-20/h2-6,8-9,11-14,16,21,27H,7,10,15,17-19H2,1H3,(H,31,34)/t21-,27-/m1/s1. The number of carbonyl (C=O) groups excluding carboxylic acids is 2. The second-order valence-electron chi connectivity index (χ2n) is 9.73. The summed E-state index contributed by atoms with van der Waals surface area (Å²) in [4.78, 5) is 28.5. The number of piperidine rings is 1. The smallest absolute Gasteiger partial charge is 0.263 e. The van der Waals surface area contributed by atoms with Gasteiger partial charge in [0.25, 0.3) is 5.91 Å². The highest BCUT2D eigenvalue weighted by molar-refractivity contribution is 7.89. The maximum absolute atomic E-state index is 13.9. The van der Waals surface area contributed by atoms with Gasteiger partial charge in [-0.3, -0.25) is 9.59 Å². The number of hydrogen-bond donors (Lipinski definition) is 1. The number of halogens is 1. The molecule has 3 aromatic rings. The Bertz CT molecular complexity index is 1500. The van der Waals surface area contributed by atoms with Crippen LogP contribution in [0.4, 0.5) is 5.69 Å². The number of hydrogen-bond acceptors (Lipinski definition) is 6. The lowest BCUT2D eigenvalue weighted by Gasteiger charge is -2.38. The van der Waals surface area contributed by atoms with Crippen molar-refractivity contribution < 1.29 is 27.5 Å². The fourth-order valence-corrected chi connectivity index (χ4v) is 6.89. The lowest BCUT2D eigenvalue weighted by molar-refractivity contribution is -0.129. The van der Waals surface area contributed by atoms with Crippen LogP contribution in [0.5, 0.6) is 11.5 Å². The fourth-order valence-electron chi connectivity index (χ4n) is 5.02. The molecule has 0 saturated carbocycles. The second kappa shape index (κ2) is 11.9. The van der Waals surface area contributed by atoms with Gasteiger partial charge in [0.2, 0.25) is 15.9 Å². The molecule has 210 valence electrons. The lowest BCUT2D eigenvalue weighted by Crippen LogP contribution is -2.53. The zero-order valence-corrected chi connectivity index (χ0v) is 23.5. The van der Waals surface area contributed by atoms with Gasteiger partial charge in [0.05, 0.1) is 35.2 Å². The van der Waals surface area contributed by atoms with E-state index in [4.69, 9.17) is 21.1 Å². The van der Waals surface area contributed by atoms with Gasteiger partial charge in [-0.1, -0.05) is 54.1 Å². The van der Waals surface area contributed by atoms with Crippen LogP contribution in [0.15, 0.2) is 77.7 Å². The third kappa shape index (κ3) is 5.79. The van der Waals surface area contributed by atoms with E-state index in [1.165, 1.54) is 29.6 Å². The van der Waals surface area contributed by atoms with Crippen LogP contribution in [-0.2, 0) is 26.2 Å². The van der Waals surface area contributed by atoms with Crippen molar-refractivity contribution in [2.24, 2.45) is 5.92 Å². The summed E-state index contributed by atoms with van der Waals surface area (Å²) in [7, 11) is -2.44. The molecule has 0 radical (unpaired) electrons. The Labute approximate surface area is 238 Å². The van der Waals surface area contributed by atoms with Gasteiger partial charge in [-0.05, 0) is 48.7 Å². The van der Waals surface area contributed by atoms with E-state index >= 15 is 0 Å². The number of methoxy groups -OCH3 is 1. The molecule has 1 saturated heterocycles. The molecule has 0 bridgehead atoms. The van der Waals surface area contributed by atoms with Crippen LogP contribution in [-0.4, -0.2) is 57.4 Å². The molecule has 0 spiro atoms. The summed E-state index contributed by atoms with van der Waals surface area (Å²) in [5.74, 6) is -0.364. The number of nitrogens with one attached hydrogen (secondary N) is 1. The molecule has 40 heavy (non-hydrogen) atoms. The quantitative estimate of drug-likeness (QED) is 0.453. The third-order valence-corrected chi connectivity index (χ3v) is 9.29. The van der Waals surface area contributed by atoms with Crippen molar-refractivity contribution in [3.8, 4) is 11.5 Å². The van der Waals surface area contributed by atoms with Gasteiger partial charge in [-0.2, -0.15) is 4.31 Å². The number of para-hydroxylation sites is 2. The maximum Gasteiger partial charge on any atom is 0.263 e. The summed E-state index contributed by atoms with van der Waals surface area (Å²) in [6.45, 7) is 0.670. The maximum atomic E-state index is 13.9. The highest BCUT2D eigenvalue weighted by Crippen LogP contribution is 2.36. The van der Waals surface area contributed by atoms with Crippen molar-refractivity contribution in [3.63, 3.8) is 0 Å². The highest BCUT2D eigenvalue weighted by atomic mass is 35.5. The number of carbonyl (C=O) groups is 2. The summed E-state index contributed by atoms with van der Waals surface area (Å²) in [6, 6.07) is 20.9. The summed E-state index contributed by atoms with van der Waals surface area (Å²) in [5.41, 5.74) is 1.50. The molecule has 1 fully saturated rings. The van der Waals surface area contributed by atoms with Crippen LogP contribution in [0.1, 0.15) is 18.4 Å². The van der Waals surface area contributed by atoms with Crippen LogP contribution in [0.3, 0.4) is 0 Å². The number of nitrogens with zero attached hydrogens (tertiary/aromatic N) is 2. The van der Waals surface area contributed by atoms with E-state index in [0.717, 1.165) is 5.56 Å². The van der Waals surface area contributed by atoms with Gasteiger partial charge in [-0.15, -0.1) is 0 Å². The minimum absolute atomic E-state index is 0.0216. The van der Waals surface area contributed by atoms with Crippen LogP contribution in [0, 0.1) is 5.92 Å². The van der Waals surface area contributed by atoms with Crippen molar-refractivity contribution in [3.05, 3.63) is 83.4 Å². The molecule has 2 atom stereocenters. The Balaban J connectivity index is 1.33. The number of rotatable bonds is 7. The number of sulfonamides is 1. The van der Waals surface area contributed by atoms with E-state index in [-0.39, 0.29) is 34.8 Å². The summed E-state index contributed by atoms with van der Waals surface area (Å²) < 4.78 is 39.3. The van der Waals surface area contributed by atoms with Crippen molar-refractivity contribution >= 4 is 39.1 Å². The zero-order chi connectivity index (χ0) is 28.3. The molecule has 5 rings (SSSR count). The molecule has 1 N–H and O–H groups in total. The molecule has 9 nitrogen and oxygen atoms in total. The third-order valence-electron chi connectivity index (χ3n) is 7.14. The molecular formula is C29H30ClN3O6S. The van der Waals surface area contributed by atoms with Crippen LogP contribution in [0.25, 0.3) is 0 Å². The minimum atomic E-state index is -3.89. The molecule has 11 heteroatoms. The largest absolute Gasteiger partial charge is 0.495 e. The monoisotopic (exact) mass is 583 g/mol. The molecule has 0 aromatic heterocycles. The molecule has 0 aliphatic carbocycles. The van der Waals surface area contributed by atoms with Crippen LogP contribution < -0.4 is 19.7 Å². The topological polar surface area (TPSA) is 105 Å². The predicted octanol–water partition coefficient (Wildman–Crippen LogP) is 3.86. The highest BCUT2D eigenvalue weighted by Gasteiger charge is 2.39. The Hall–Kier alpha value is -3.60. The minimum Gasteiger partial charge on any atom is -0.495 e. The predicted molar refractivity (Wildman–Crippen MR) is 151 cm³/mol. The zero-order valence-electron chi connectivity index (χ0n) is 22.0. The molecule has 2 aliphatic heterocycles. The summed E-state index contributed by atoms with van der Waals surface area (Å²) in [5, 5.41) is 3.08. The Kier molecular flexibility index (Phi) is 8.30. The van der Waals surface area contributed by atoms with Crippen molar-refractivity contribution in [2.45, 2.75) is 30.4 Å².